The number of thiophene rings is 1. The van der Waals surface area contributed by atoms with Crippen LogP contribution in [0.5, 0.6) is 0 Å². The second kappa shape index (κ2) is 18.8. The molecule has 7 aromatic carbocycles. The summed E-state index contributed by atoms with van der Waals surface area (Å²) in [5, 5.41) is 6.15. The van der Waals surface area contributed by atoms with E-state index in [-0.39, 0.29) is 25.7 Å². The largest absolute Gasteiger partial charge is 0.332 e. The fourth-order valence-electron chi connectivity index (χ4n) is 8.91. The molecule has 3 nitrogen and oxygen atoms in total. The summed E-state index contributed by atoms with van der Waals surface area (Å²) in [6.45, 7) is 17.6. The third-order valence-corrected chi connectivity index (χ3v) is 15.4. The average Bonchev–Trinajstić information content (AvgIpc) is 3.89. The van der Waals surface area contributed by atoms with Crippen LogP contribution in [0.1, 0.15) is 87.0 Å². The SMILES string of the molecule is CC(C)c1cccc(C(C)C)c1-n1c(-c2[c-]ccc3c2sc2cc(-c4ccccc4)ccc23)nc2ccc3ccccc3c21.[2H]C([2H])([2H])c1c[c-]c(-c2cc(C([2H])(C)C)c([Si](C)(C)C)cn2)cc1.[Ir]. The van der Waals surface area contributed by atoms with Crippen LogP contribution in [0, 0.1) is 19.0 Å². The first-order valence-electron chi connectivity index (χ1n) is 24.3. The van der Waals surface area contributed by atoms with Gasteiger partial charge in [0.1, 0.15) is 0 Å². The summed E-state index contributed by atoms with van der Waals surface area (Å²) in [7, 11) is -1.61. The Labute approximate surface area is 409 Å². The normalized spacial score (nSPS) is 13.1. The zero-order valence-corrected chi connectivity index (χ0v) is 42.8. The van der Waals surface area contributed by atoms with Gasteiger partial charge in [0.2, 0.25) is 0 Å². The molecule has 3 aromatic heterocycles. The number of benzene rings is 7. The molecule has 6 heteroatoms. The molecule has 329 valence electrons. The van der Waals surface area contributed by atoms with Gasteiger partial charge in [0, 0.05) is 47.6 Å². The second-order valence-electron chi connectivity index (χ2n) is 18.7. The Bertz CT molecular complexity index is 3440. The molecule has 0 unspecified atom stereocenters. The first kappa shape index (κ1) is 41.0. The number of pyridine rings is 1. The van der Waals surface area contributed by atoms with E-state index in [1.54, 1.807) is 12.1 Å². The molecular weight excluding hydrogens is 1000 g/mol. The van der Waals surface area contributed by atoms with E-state index in [1.165, 1.54) is 70.1 Å². The summed E-state index contributed by atoms with van der Waals surface area (Å²) in [6.07, 6.45) is 1.89. The molecule has 0 saturated carbocycles. The van der Waals surface area contributed by atoms with Crippen LogP contribution in [-0.4, -0.2) is 22.6 Å². The smallest absolute Gasteiger partial charge is 0.0799 e. The minimum Gasteiger partial charge on any atom is -0.332 e. The second-order valence-corrected chi connectivity index (χ2v) is 24.7. The van der Waals surface area contributed by atoms with Crippen molar-refractivity contribution in [1.29, 1.82) is 0 Å². The molecule has 0 bridgehead atoms. The molecule has 0 spiro atoms. The Morgan fingerprint density at radius 1 is 0.692 bits per heavy atom. The fraction of sp³-hybridized carbons (Fsp3) is 0.220. The van der Waals surface area contributed by atoms with Crippen LogP contribution in [0.4, 0.5) is 0 Å². The fourth-order valence-corrected chi connectivity index (χ4v) is 11.7. The molecule has 0 N–H and O–H groups in total. The van der Waals surface area contributed by atoms with Gasteiger partial charge in [-0.2, -0.15) is 11.3 Å². The van der Waals surface area contributed by atoms with E-state index >= 15 is 0 Å². The van der Waals surface area contributed by atoms with Gasteiger partial charge in [-0.15, -0.1) is 53.6 Å². The molecule has 0 amide bonds. The Hall–Kier alpha value is -5.49. The van der Waals surface area contributed by atoms with E-state index in [9.17, 15) is 0 Å². The molecule has 0 aliphatic heterocycles. The quantitative estimate of drug-likeness (QED) is 0.112. The first-order valence-corrected chi connectivity index (χ1v) is 26.6. The van der Waals surface area contributed by atoms with Crippen molar-refractivity contribution in [1.82, 2.24) is 14.5 Å². The summed E-state index contributed by atoms with van der Waals surface area (Å²) in [5.41, 5.74) is 12.3. The minimum absolute atomic E-state index is 0. The summed E-state index contributed by atoms with van der Waals surface area (Å²) < 4.78 is 35.8. The van der Waals surface area contributed by atoms with Crippen LogP contribution in [0.2, 0.25) is 19.6 Å². The van der Waals surface area contributed by atoms with Gasteiger partial charge >= 0.3 is 0 Å². The van der Waals surface area contributed by atoms with Gasteiger partial charge in [0.15, 0.2) is 0 Å². The van der Waals surface area contributed by atoms with Gasteiger partial charge in [0.05, 0.1) is 24.9 Å². The van der Waals surface area contributed by atoms with Gasteiger partial charge in [-0.1, -0.05) is 182 Å². The molecule has 10 aromatic rings. The van der Waals surface area contributed by atoms with Crippen molar-refractivity contribution in [3.63, 3.8) is 0 Å². The van der Waals surface area contributed by atoms with Crippen LogP contribution in [0.3, 0.4) is 0 Å². The van der Waals surface area contributed by atoms with Gasteiger partial charge in [-0.25, -0.2) is 0 Å². The number of hydrogen-bond donors (Lipinski definition) is 0. The van der Waals surface area contributed by atoms with Gasteiger partial charge in [-0.05, 0) is 78.5 Å². The van der Waals surface area contributed by atoms with E-state index in [0.717, 1.165) is 39.2 Å². The van der Waals surface area contributed by atoms with E-state index in [1.807, 2.05) is 37.4 Å². The molecule has 0 aliphatic rings. The molecule has 0 aliphatic carbocycles. The molecule has 1 radical (unpaired) electrons. The van der Waals surface area contributed by atoms with Crippen molar-refractivity contribution in [3.8, 4) is 39.5 Å². The monoisotopic (exact) mass is 1060 g/mol. The van der Waals surface area contributed by atoms with Crippen LogP contribution in [0.25, 0.3) is 81.4 Å². The van der Waals surface area contributed by atoms with Crippen LogP contribution < -0.4 is 5.19 Å². The summed E-state index contributed by atoms with van der Waals surface area (Å²) in [6, 6.07) is 55.2. The van der Waals surface area contributed by atoms with E-state index < -0.39 is 20.8 Å². The van der Waals surface area contributed by atoms with Crippen molar-refractivity contribution in [2.75, 3.05) is 0 Å². The summed E-state index contributed by atoms with van der Waals surface area (Å²) in [5.74, 6) is 0.937. The Morgan fingerprint density at radius 3 is 2.11 bits per heavy atom. The molecule has 0 saturated heterocycles. The number of hydrogen-bond acceptors (Lipinski definition) is 3. The number of para-hydroxylation sites is 1. The van der Waals surface area contributed by atoms with Crippen molar-refractivity contribution < 1.29 is 25.6 Å². The van der Waals surface area contributed by atoms with Gasteiger partial charge in [-0.3, -0.25) is 4.98 Å². The number of nitrogens with zero attached hydrogens (tertiary/aromatic N) is 3. The molecular formula is C59H57IrN3SSi-2. The Morgan fingerprint density at radius 2 is 1.43 bits per heavy atom. The van der Waals surface area contributed by atoms with Crippen molar-refractivity contribution in [3.05, 3.63) is 180 Å². The zero-order valence-electron chi connectivity index (χ0n) is 42.6. The Balaban J connectivity index is 0.000000219. The van der Waals surface area contributed by atoms with Crippen LogP contribution in [-0.2, 0) is 20.1 Å². The number of fused-ring (bicyclic) bond motifs is 6. The molecule has 3 heterocycles. The zero-order chi connectivity index (χ0) is 48.3. The van der Waals surface area contributed by atoms with E-state index in [4.69, 9.17) is 10.5 Å². The van der Waals surface area contributed by atoms with Crippen molar-refractivity contribution in [2.45, 2.75) is 85.8 Å². The van der Waals surface area contributed by atoms with Gasteiger partial charge < -0.3 is 9.55 Å². The third kappa shape index (κ3) is 8.95. The summed E-state index contributed by atoms with van der Waals surface area (Å²) >= 11 is 1.85. The van der Waals surface area contributed by atoms with Crippen molar-refractivity contribution >= 4 is 66.6 Å². The van der Waals surface area contributed by atoms with Gasteiger partial charge in [0.25, 0.3) is 0 Å². The average molecular weight is 1060 g/mol. The number of aryl methyl sites for hydroxylation is 1. The molecule has 0 fully saturated rings. The molecule has 65 heavy (non-hydrogen) atoms. The number of aromatic nitrogens is 3. The maximum atomic E-state index is 8.48. The third-order valence-electron chi connectivity index (χ3n) is 12.2. The van der Waals surface area contributed by atoms with Crippen LogP contribution >= 0.6 is 11.3 Å². The maximum Gasteiger partial charge on any atom is 0.0799 e. The predicted octanol–water partition coefficient (Wildman–Crippen LogP) is 16.5. The maximum absolute atomic E-state index is 8.48. The number of imidazole rings is 1. The first-order chi connectivity index (χ1) is 32.3. The molecule has 10 rings (SSSR count). The number of rotatable bonds is 8. The predicted molar refractivity (Wildman–Crippen MR) is 280 cm³/mol. The minimum atomic E-state index is -2.13. The van der Waals surface area contributed by atoms with E-state index in [0.29, 0.717) is 11.8 Å². The van der Waals surface area contributed by atoms with Crippen LogP contribution in [0.15, 0.2) is 146 Å². The van der Waals surface area contributed by atoms with Crippen molar-refractivity contribution in [2.24, 2.45) is 0 Å². The standard InChI is InChI=1S/C41H33N2S.C18H24NSi.Ir/c1-25(2)30-16-10-17-31(26(3)4)38(30)43-39-32-15-9-8-14-28(32)21-23-36(39)42-41(43)35-19-11-18-34-33-22-20-29(24-37(33)44-40(34)35)27-12-6-5-7-13-27;1-13(2)16-11-17(15-9-7-14(3)8-10-15)19-12-18(16)20(4,5)6;/h5-18,20-26H,1-4H3;7-9,11-13H,1-6H3;/q2*-1;/i;3D3,13D;. The Kier molecular flexibility index (Phi) is 11.8. The topological polar surface area (TPSA) is 30.7 Å². The van der Waals surface area contributed by atoms with E-state index in [2.05, 4.69) is 184 Å². The summed E-state index contributed by atoms with van der Waals surface area (Å²) in [4.78, 5) is 10.00. The molecule has 0 atom stereocenters.